The van der Waals surface area contributed by atoms with E-state index in [1.165, 1.54) is 11.1 Å². The van der Waals surface area contributed by atoms with Crippen LogP contribution in [0.4, 0.5) is 0 Å². The molecular weight excluding hydrogens is 210 g/mol. The van der Waals surface area contributed by atoms with Crippen molar-refractivity contribution in [3.63, 3.8) is 0 Å². The molecule has 0 aliphatic heterocycles. The van der Waals surface area contributed by atoms with Gasteiger partial charge in [0.25, 0.3) is 0 Å². The van der Waals surface area contributed by atoms with Crippen molar-refractivity contribution in [2.45, 2.75) is 26.4 Å². The van der Waals surface area contributed by atoms with E-state index in [1.807, 2.05) is 0 Å². The van der Waals surface area contributed by atoms with Gasteiger partial charge in [-0.2, -0.15) is 0 Å². The Hall–Kier alpha value is -1.74. The first-order valence-corrected chi connectivity index (χ1v) is 5.80. The minimum Gasteiger partial charge on any atom is -0.305 e. The zero-order valence-corrected chi connectivity index (χ0v) is 10.2. The van der Waals surface area contributed by atoms with Crippen LogP contribution in [0.15, 0.2) is 42.9 Å². The zero-order valence-electron chi connectivity index (χ0n) is 10.2. The van der Waals surface area contributed by atoms with E-state index < -0.39 is 0 Å². The van der Waals surface area contributed by atoms with Gasteiger partial charge in [0.2, 0.25) is 0 Å². The van der Waals surface area contributed by atoms with Crippen molar-refractivity contribution in [2.75, 3.05) is 0 Å². The van der Waals surface area contributed by atoms with E-state index in [0.717, 1.165) is 12.2 Å². The summed E-state index contributed by atoms with van der Waals surface area (Å²) in [5, 5.41) is 3.43. The molecule has 1 aromatic heterocycles. The average molecular weight is 227 g/mol. The highest BCUT2D eigenvalue weighted by Gasteiger charge is 2.04. The number of hydrogen-bond donors (Lipinski definition) is 1. The average Bonchev–Trinajstić information content (AvgIpc) is 2.38. The van der Waals surface area contributed by atoms with Crippen LogP contribution in [0.2, 0.25) is 0 Å². The standard InChI is InChI=1S/C14H17N3/c1-11-3-5-13(6-4-11)12(2)17-10-14-9-15-7-8-16-14/h3-9,12,17H,10H2,1-2H3/t12-/m0/s1. The first kappa shape index (κ1) is 11.7. The molecule has 0 radical (unpaired) electrons. The monoisotopic (exact) mass is 227 g/mol. The van der Waals surface area contributed by atoms with Crippen LogP contribution in [0.5, 0.6) is 0 Å². The van der Waals surface area contributed by atoms with Crippen molar-refractivity contribution in [2.24, 2.45) is 0 Å². The molecule has 1 N–H and O–H groups in total. The van der Waals surface area contributed by atoms with Gasteiger partial charge in [-0.25, -0.2) is 0 Å². The lowest BCUT2D eigenvalue weighted by molar-refractivity contribution is 0.566. The Morgan fingerprint density at radius 1 is 1.18 bits per heavy atom. The molecule has 0 fully saturated rings. The third-order valence-electron chi connectivity index (χ3n) is 2.78. The summed E-state index contributed by atoms with van der Waals surface area (Å²) < 4.78 is 0. The molecule has 1 heterocycles. The van der Waals surface area contributed by atoms with Crippen LogP contribution in [-0.2, 0) is 6.54 Å². The smallest absolute Gasteiger partial charge is 0.0724 e. The number of hydrogen-bond acceptors (Lipinski definition) is 3. The highest BCUT2D eigenvalue weighted by Crippen LogP contribution is 2.13. The molecule has 1 aromatic carbocycles. The molecule has 2 rings (SSSR count). The van der Waals surface area contributed by atoms with Crippen LogP contribution in [0.1, 0.15) is 29.8 Å². The number of nitrogens with one attached hydrogen (secondary N) is 1. The molecule has 0 aliphatic carbocycles. The van der Waals surface area contributed by atoms with Crippen LogP contribution < -0.4 is 5.32 Å². The Morgan fingerprint density at radius 3 is 2.59 bits per heavy atom. The van der Waals surface area contributed by atoms with Crippen LogP contribution in [0.25, 0.3) is 0 Å². The lowest BCUT2D eigenvalue weighted by atomic mass is 10.1. The van der Waals surface area contributed by atoms with Crippen LogP contribution >= 0.6 is 0 Å². The second-order valence-electron chi connectivity index (χ2n) is 4.21. The molecule has 1 atom stereocenters. The van der Waals surface area contributed by atoms with E-state index in [0.29, 0.717) is 6.04 Å². The molecule has 3 nitrogen and oxygen atoms in total. The van der Waals surface area contributed by atoms with Crippen LogP contribution in [0, 0.1) is 6.92 Å². The van der Waals surface area contributed by atoms with Gasteiger partial charge in [0.1, 0.15) is 0 Å². The van der Waals surface area contributed by atoms with Gasteiger partial charge in [-0.15, -0.1) is 0 Å². The predicted molar refractivity (Wildman–Crippen MR) is 68.5 cm³/mol. The van der Waals surface area contributed by atoms with Crippen molar-refractivity contribution in [3.8, 4) is 0 Å². The second kappa shape index (κ2) is 5.55. The van der Waals surface area contributed by atoms with E-state index in [9.17, 15) is 0 Å². The highest BCUT2D eigenvalue weighted by atomic mass is 14.9. The fraction of sp³-hybridized carbons (Fsp3) is 0.286. The molecule has 0 unspecified atom stereocenters. The van der Waals surface area contributed by atoms with Gasteiger partial charge in [-0.3, -0.25) is 9.97 Å². The summed E-state index contributed by atoms with van der Waals surface area (Å²) in [6.45, 7) is 4.99. The van der Waals surface area contributed by atoms with Crippen molar-refractivity contribution >= 4 is 0 Å². The van der Waals surface area contributed by atoms with E-state index in [4.69, 9.17) is 0 Å². The maximum Gasteiger partial charge on any atom is 0.0724 e. The minimum atomic E-state index is 0.317. The lowest BCUT2D eigenvalue weighted by Gasteiger charge is -2.13. The normalized spacial score (nSPS) is 12.4. The Labute approximate surface area is 102 Å². The second-order valence-corrected chi connectivity index (χ2v) is 4.21. The van der Waals surface area contributed by atoms with Crippen molar-refractivity contribution in [1.82, 2.24) is 15.3 Å². The van der Waals surface area contributed by atoms with Gasteiger partial charge in [-0.05, 0) is 19.4 Å². The molecule has 0 amide bonds. The summed E-state index contributed by atoms with van der Waals surface area (Å²) >= 11 is 0. The summed E-state index contributed by atoms with van der Waals surface area (Å²) in [4.78, 5) is 8.28. The van der Waals surface area contributed by atoms with E-state index >= 15 is 0 Å². The van der Waals surface area contributed by atoms with Gasteiger partial charge < -0.3 is 5.32 Å². The third-order valence-corrected chi connectivity index (χ3v) is 2.78. The molecular formula is C14H17N3. The Balaban J connectivity index is 1.93. The van der Waals surface area contributed by atoms with E-state index in [-0.39, 0.29) is 0 Å². The first-order chi connectivity index (χ1) is 8.25. The number of aryl methyl sites for hydroxylation is 1. The molecule has 0 spiro atoms. The molecule has 2 aromatic rings. The lowest BCUT2D eigenvalue weighted by Crippen LogP contribution is -2.18. The van der Waals surface area contributed by atoms with Crippen LogP contribution in [-0.4, -0.2) is 9.97 Å². The number of aromatic nitrogens is 2. The maximum absolute atomic E-state index is 4.23. The number of nitrogens with zero attached hydrogens (tertiary/aromatic N) is 2. The highest BCUT2D eigenvalue weighted by molar-refractivity contribution is 5.23. The maximum atomic E-state index is 4.23. The third kappa shape index (κ3) is 3.36. The number of rotatable bonds is 4. The molecule has 0 saturated heterocycles. The largest absolute Gasteiger partial charge is 0.305 e. The summed E-state index contributed by atoms with van der Waals surface area (Å²) in [5.74, 6) is 0. The molecule has 3 heteroatoms. The van der Waals surface area contributed by atoms with Gasteiger partial charge in [0.05, 0.1) is 5.69 Å². The molecule has 0 aliphatic rings. The first-order valence-electron chi connectivity index (χ1n) is 5.80. The van der Waals surface area contributed by atoms with Crippen molar-refractivity contribution < 1.29 is 0 Å². The van der Waals surface area contributed by atoms with Crippen molar-refractivity contribution in [1.29, 1.82) is 0 Å². The fourth-order valence-electron chi connectivity index (χ4n) is 1.65. The number of benzene rings is 1. The summed E-state index contributed by atoms with van der Waals surface area (Å²) in [6.07, 6.45) is 5.19. The SMILES string of the molecule is Cc1ccc([C@H](C)NCc2cnccn2)cc1. The Bertz CT molecular complexity index is 451. The summed E-state index contributed by atoms with van der Waals surface area (Å²) in [5.41, 5.74) is 3.54. The van der Waals surface area contributed by atoms with E-state index in [1.54, 1.807) is 18.6 Å². The Morgan fingerprint density at radius 2 is 1.94 bits per heavy atom. The predicted octanol–water partition coefficient (Wildman–Crippen LogP) is 2.64. The summed E-state index contributed by atoms with van der Waals surface area (Å²) in [6, 6.07) is 8.90. The van der Waals surface area contributed by atoms with Gasteiger partial charge in [0.15, 0.2) is 0 Å². The molecule has 88 valence electrons. The Kier molecular flexibility index (Phi) is 3.83. The topological polar surface area (TPSA) is 37.8 Å². The van der Waals surface area contributed by atoms with E-state index in [2.05, 4.69) is 53.4 Å². The van der Waals surface area contributed by atoms with Gasteiger partial charge in [0, 0.05) is 31.2 Å². The van der Waals surface area contributed by atoms with Gasteiger partial charge >= 0.3 is 0 Å². The summed E-state index contributed by atoms with van der Waals surface area (Å²) in [7, 11) is 0. The van der Waals surface area contributed by atoms with Crippen molar-refractivity contribution in [3.05, 3.63) is 59.7 Å². The van der Waals surface area contributed by atoms with Gasteiger partial charge in [-0.1, -0.05) is 29.8 Å². The molecule has 0 bridgehead atoms. The zero-order chi connectivity index (χ0) is 12.1. The molecule has 17 heavy (non-hydrogen) atoms. The fourth-order valence-corrected chi connectivity index (χ4v) is 1.65. The van der Waals surface area contributed by atoms with Crippen LogP contribution in [0.3, 0.4) is 0 Å². The minimum absolute atomic E-state index is 0.317. The quantitative estimate of drug-likeness (QED) is 0.872. The molecule has 0 saturated carbocycles.